The summed E-state index contributed by atoms with van der Waals surface area (Å²) in [6.45, 7) is 3.71. The molecule has 4 nitrogen and oxygen atoms in total. The molecule has 114 valence electrons. The number of nitrogens with one attached hydrogen (secondary N) is 2. The maximum Gasteiger partial charge on any atom is 0.264 e. The Kier molecular flexibility index (Phi) is 4.55. The third kappa shape index (κ3) is 3.56. The third-order valence-electron chi connectivity index (χ3n) is 3.52. The summed E-state index contributed by atoms with van der Waals surface area (Å²) in [5, 5.41) is 5.14. The van der Waals surface area contributed by atoms with Crippen LogP contribution in [-0.2, 0) is 9.59 Å². The van der Waals surface area contributed by atoms with Crippen LogP contribution in [0.4, 0.5) is 14.5 Å². The van der Waals surface area contributed by atoms with Gasteiger partial charge in [0.25, 0.3) is 6.43 Å². The number of anilines is 1. The second-order valence-corrected chi connectivity index (χ2v) is 5.45. The van der Waals surface area contributed by atoms with Crippen molar-refractivity contribution in [3.8, 4) is 0 Å². The van der Waals surface area contributed by atoms with Gasteiger partial charge >= 0.3 is 0 Å². The number of carbonyl (C=O) groups is 2. The Morgan fingerprint density at radius 3 is 2.52 bits per heavy atom. The number of amides is 2. The molecule has 0 radical (unpaired) electrons. The van der Waals surface area contributed by atoms with Crippen LogP contribution >= 0.6 is 0 Å². The number of carbonyl (C=O) groups excluding carboxylic acids is 2. The van der Waals surface area contributed by atoms with E-state index in [0.717, 1.165) is 0 Å². The van der Waals surface area contributed by atoms with Crippen LogP contribution in [0.15, 0.2) is 18.2 Å². The summed E-state index contributed by atoms with van der Waals surface area (Å²) in [5.41, 5.74) is 1.03. The lowest BCUT2D eigenvalue weighted by atomic mass is 9.96. The minimum atomic E-state index is -2.56. The number of alkyl halides is 2. The monoisotopic (exact) mass is 296 g/mol. The first-order valence-electron chi connectivity index (χ1n) is 6.90. The van der Waals surface area contributed by atoms with E-state index in [4.69, 9.17) is 0 Å². The summed E-state index contributed by atoms with van der Waals surface area (Å²) in [6.07, 6.45) is -1.96. The van der Waals surface area contributed by atoms with Crippen molar-refractivity contribution >= 4 is 17.5 Å². The van der Waals surface area contributed by atoms with Crippen LogP contribution in [0, 0.1) is 0 Å². The summed E-state index contributed by atoms with van der Waals surface area (Å²) in [7, 11) is 0. The molecule has 0 aliphatic carbocycles. The molecule has 2 rings (SSSR count). The van der Waals surface area contributed by atoms with Crippen LogP contribution in [0.2, 0.25) is 0 Å². The van der Waals surface area contributed by atoms with E-state index in [9.17, 15) is 18.4 Å². The highest BCUT2D eigenvalue weighted by molar-refractivity contribution is 6.01. The van der Waals surface area contributed by atoms with Gasteiger partial charge in [0.2, 0.25) is 11.8 Å². The number of benzene rings is 1. The van der Waals surface area contributed by atoms with E-state index < -0.39 is 18.4 Å². The first kappa shape index (κ1) is 15.4. The molecule has 1 aromatic rings. The van der Waals surface area contributed by atoms with E-state index in [2.05, 4.69) is 10.6 Å². The minimum absolute atomic E-state index is 0.00125. The van der Waals surface area contributed by atoms with Gasteiger partial charge in [0, 0.05) is 17.7 Å². The number of piperidine rings is 1. The molecule has 1 saturated heterocycles. The summed E-state index contributed by atoms with van der Waals surface area (Å²) in [6, 6.07) is 4.15. The van der Waals surface area contributed by atoms with Gasteiger partial charge in [0.1, 0.15) is 6.04 Å². The van der Waals surface area contributed by atoms with Gasteiger partial charge in [-0.1, -0.05) is 19.9 Å². The topological polar surface area (TPSA) is 58.2 Å². The van der Waals surface area contributed by atoms with Crippen molar-refractivity contribution in [2.75, 3.05) is 5.32 Å². The van der Waals surface area contributed by atoms with Crippen LogP contribution in [0.25, 0.3) is 0 Å². The molecule has 1 fully saturated rings. The summed E-state index contributed by atoms with van der Waals surface area (Å²) in [4.78, 5) is 22.7. The zero-order valence-corrected chi connectivity index (χ0v) is 12.0. The molecular formula is C15H18F2N2O2. The van der Waals surface area contributed by atoms with Crippen LogP contribution < -0.4 is 10.6 Å². The highest BCUT2D eigenvalue weighted by atomic mass is 19.3. The molecule has 2 N–H and O–H groups in total. The van der Waals surface area contributed by atoms with Gasteiger partial charge in [-0.3, -0.25) is 14.9 Å². The molecule has 1 aromatic carbocycles. The number of halogens is 2. The molecule has 0 aromatic heterocycles. The lowest BCUT2D eigenvalue weighted by Crippen LogP contribution is -2.47. The van der Waals surface area contributed by atoms with Crippen molar-refractivity contribution in [3.05, 3.63) is 29.3 Å². The summed E-state index contributed by atoms with van der Waals surface area (Å²) >= 11 is 0. The highest BCUT2D eigenvalue weighted by Crippen LogP contribution is 2.31. The zero-order chi connectivity index (χ0) is 15.6. The molecule has 1 aliphatic heterocycles. The largest absolute Gasteiger partial charge is 0.374 e. The lowest BCUT2D eigenvalue weighted by molar-refractivity contribution is -0.133. The molecule has 2 amide bonds. The molecular weight excluding hydrogens is 278 g/mol. The number of hydrogen-bond acceptors (Lipinski definition) is 3. The first-order chi connectivity index (χ1) is 9.88. The minimum Gasteiger partial charge on any atom is -0.374 e. The third-order valence-corrected chi connectivity index (χ3v) is 3.52. The molecule has 1 aliphatic rings. The van der Waals surface area contributed by atoms with E-state index in [1.807, 2.05) is 13.8 Å². The van der Waals surface area contributed by atoms with Crippen molar-refractivity contribution in [2.24, 2.45) is 0 Å². The molecule has 0 spiro atoms. The van der Waals surface area contributed by atoms with E-state index in [1.54, 1.807) is 12.1 Å². The van der Waals surface area contributed by atoms with Crippen molar-refractivity contribution in [1.29, 1.82) is 0 Å². The predicted molar refractivity (Wildman–Crippen MR) is 75.3 cm³/mol. The first-order valence-corrected chi connectivity index (χ1v) is 6.90. The van der Waals surface area contributed by atoms with Gasteiger partial charge in [0.15, 0.2) is 0 Å². The fourth-order valence-electron chi connectivity index (χ4n) is 2.41. The van der Waals surface area contributed by atoms with Crippen molar-refractivity contribution < 1.29 is 18.4 Å². The van der Waals surface area contributed by atoms with Crippen molar-refractivity contribution in [2.45, 2.75) is 45.1 Å². The molecule has 21 heavy (non-hydrogen) atoms. The van der Waals surface area contributed by atoms with Gasteiger partial charge in [-0.2, -0.15) is 0 Å². The Bertz CT molecular complexity index is 559. The molecule has 0 saturated carbocycles. The zero-order valence-electron chi connectivity index (χ0n) is 12.0. The molecule has 1 heterocycles. The maximum absolute atomic E-state index is 13.1. The Morgan fingerprint density at radius 2 is 1.95 bits per heavy atom. The number of hydrogen-bond donors (Lipinski definition) is 2. The average Bonchev–Trinajstić information content (AvgIpc) is 2.41. The normalized spacial score (nSPS) is 19.0. The standard InChI is InChI=1S/C15H18F2N2O2/c1-8(2)10-4-3-9(7-11(10)14(16)17)18-12-5-6-13(20)19-15(12)21/h3-4,7-8,12,14,18H,5-6H2,1-2H3,(H,19,20,21). The van der Waals surface area contributed by atoms with Crippen LogP contribution in [0.1, 0.15) is 50.2 Å². The summed E-state index contributed by atoms with van der Waals surface area (Å²) in [5.74, 6) is -0.724. The molecule has 6 heteroatoms. The Morgan fingerprint density at radius 1 is 1.24 bits per heavy atom. The van der Waals surface area contributed by atoms with Gasteiger partial charge in [0.05, 0.1) is 0 Å². The van der Waals surface area contributed by atoms with Crippen LogP contribution in [-0.4, -0.2) is 17.9 Å². The Labute approximate surface area is 121 Å². The van der Waals surface area contributed by atoms with Gasteiger partial charge in [-0.25, -0.2) is 8.78 Å². The Hall–Kier alpha value is -1.98. The number of rotatable bonds is 4. The van der Waals surface area contributed by atoms with Crippen molar-refractivity contribution in [1.82, 2.24) is 5.32 Å². The van der Waals surface area contributed by atoms with Gasteiger partial charge < -0.3 is 5.32 Å². The van der Waals surface area contributed by atoms with E-state index in [1.165, 1.54) is 6.07 Å². The number of imide groups is 1. The van der Waals surface area contributed by atoms with Gasteiger partial charge in [-0.15, -0.1) is 0 Å². The highest BCUT2D eigenvalue weighted by Gasteiger charge is 2.26. The second-order valence-electron chi connectivity index (χ2n) is 5.45. The fourth-order valence-corrected chi connectivity index (χ4v) is 2.41. The summed E-state index contributed by atoms with van der Waals surface area (Å²) < 4.78 is 26.2. The fraction of sp³-hybridized carbons (Fsp3) is 0.467. The van der Waals surface area contributed by atoms with Crippen LogP contribution in [0.5, 0.6) is 0 Å². The SMILES string of the molecule is CC(C)c1ccc(NC2CCC(=O)NC2=O)cc1C(F)F. The van der Waals surface area contributed by atoms with E-state index in [0.29, 0.717) is 17.7 Å². The lowest BCUT2D eigenvalue weighted by Gasteiger charge is -2.23. The molecule has 1 unspecified atom stereocenters. The van der Waals surface area contributed by atoms with Crippen molar-refractivity contribution in [3.63, 3.8) is 0 Å². The molecule has 1 atom stereocenters. The Balaban J connectivity index is 2.19. The van der Waals surface area contributed by atoms with Gasteiger partial charge in [-0.05, 0) is 30.0 Å². The maximum atomic E-state index is 13.1. The van der Waals surface area contributed by atoms with E-state index in [-0.39, 0.29) is 23.8 Å². The van der Waals surface area contributed by atoms with E-state index >= 15 is 0 Å². The second kappa shape index (κ2) is 6.20. The van der Waals surface area contributed by atoms with Crippen LogP contribution in [0.3, 0.4) is 0 Å². The quantitative estimate of drug-likeness (QED) is 0.840. The smallest absolute Gasteiger partial charge is 0.264 e. The predicted octanol–water partition coefficient (Wildman–Crippen LogP) is 2.96. The average molecular weight is 296 g/mol. The molecule has 0 bridgehead atoms.